The average Bonchev–Trinajstić information content (AvgIpc) is 2.83. The molecule has 0 unspecified atom stereocenters. The molecule has 0 aliphatic carbocycles. The Morgan fingerprint density at radius 3 is 2.68 bits per heavy atom. The predicted molar refractivity (Wildman–Crippen MR) is 65.8 cm³/mol. The monoisotopic (exact) mass is 260 g/mol. The van der Waals surface area contributed by atoms with Crippen LogP contribution >= 0.6 is 0 Å². The van der Waals surface area contributed by atoms with Gasteiger partial charge in [-0.15, -0.1) is 0 Å². The Kier molecular flexibility index (Phi) is 3.61. The number of carbonyl (C=O) groups is 2. The van der Waals surface area contributed by atoms with Gasteiger partial charge in [-0.1, -0.05) is 6.07 Å². The third-order valence-electron chi connectivity index (χ3n) is 2.57. The Hall–Kier alpha value is -2.63. The normalized spacial score (nSPS) is 10.2. The molecule has 0 radical (unpaired) electrons. The molecular formula is C13H12N2O4. The fraction of sp³-hybridized carbons (Fsp3) is 0.154. The number of furan rings is 1. The molecule has 2 heterocycles. The summed E-state index contributed by atoms with van der Waals surface area (Å²) in [7, 11) is 0. The zero-order chi connectivity index (χ0) is 13.8. The molecule has 0 saturated heterocycles. The lowest BCUT2D eigenvalue weighted by Crippen LogP contribution is -2.23. The van der Waals surface area contributed by atoms with Crippen molar-refractivity contribution in [2.45, 2.75) is 13.5 Å². The van der Waals surface area contributed by atoms with Crippen LogP contribution in [0, 0.1) is 6.92 Å². The number of hydrogen-bond donors (Lipinski definition) is 2. The Balaban J connectivity index is 1.97. The second-order valence-corrected chi connectivity index (χ2v) is 3.97. The molecule has 0 fully saturated rings. The second-order valence-electron chi connectivity index (χ2n) is 3.97. The summed E-state index contributed by atoms with van der Waals surface area (Å²) in [5.41, 5.74) is 1.44. The maximum absolute atomic E-state index is 11.8. The van der Waals surface area contributed by atoms with Crippen molar-refractivity contribution in [1.82, 2.24) is 10.3 Å². The molecule has 0 spiro atoms. The van der Waals surface area contributed by atoms with Crippen molar-refractivity contribution in [2.75, 3.05) is 0 Å². The molecule has 2 aromatic rings. The van der Waals surface area contributed by atoms with Gasteiger partial charge in [0.05, 0.1) is 6.26 Å². The van der Waals surface area contributed by atoms with E-state index in [-0.39, 0.29) is 23.9 Å². The number of carboxylic acids is 1. The molecule has 0 aromatic carbocycles. The van der Waals surface area contributed by atoms with Gasteiger partial charge in [-0.25, -0.2) is 9.78 Å². The first kappa shape index (κ1) is 12.8. The third kappa shape index (κ3) is 2.98. The van der Waals surface area contributed by atoms with Crippen LogP contribution in [0.2, 0.25) is 0 Å². The number of nitrogens with one attached hydrogen (secondary N) is 1. The highest BCUT2D eigenvalue weighted by Gasteiger charge is 2.12. The zero-order valence-electron chi connectivity index (χ0n) is 10.2. The van der Waals surface area contributed by atoms with E-state index in [1.54, 1.807) is 19.1 Å². The van der Waals surface area contributed by atoms with Gasteiger partial charge in [0.1, 0.15) is 5.69 Å². The third-order valence-corrected chi connectivity index (χ3v) is 2.57. The van der Waals surface area contributed by atoms with E-state index < -0.39 is 5.97 Å². The highest BCUT2D eigenvalue weighted by atomic mass is 16.4. The van der Waals surface area contributed by atoms with E-state index in [0.29, 0.717) is 5.56 Å². The number of carbonyl (C=O) groups excluding carboxylic acids is 1. The summed E-state index contributed by atoms with van der Waals surface area (Å²) in [5, 5.41) is 11.4. The van der Waals surface area contributed by atoms with Crippen molar-refractivity contribution >= 4 is 11.9 Å². The highest BCUT2D eigenvalue weighted by molar-refractivity contribution is 5.92. The van der Waals surface area contributed by atoms with Gasteiger partial charge >= 0.3 is 5.97 Å². The van der Waals surface area contributed by atoms with Crippen LogP contribution in [0.1, 0.15) is 32.2 Å². The molecule has 2 N–H and O–H groups in total. The molecular weight excluding hydrogens is 248 g/mol. The van der Waals surface area contributed by atoms with E-state index >= 15 is 0 Å². The number of aryl methyl sites for hydroxylation is 1. The highest BCUT2D eigenvalue weighted by Crippen LogP contribution is 2.08. The van der Waals surface area contributed by atoms with Crippen LogP contribution < -0.4 is 5.32 Å². The van der Waals surface area contributed by atoms with Crippen LogP contribution in [-0.2, 0) is 6.54 Å². The minimum Gasteiger partial charge on any atom is -0.477 e. The molecule has 2 aromatic heterocycles. The second kappa shape index (κ2) is 5.34. The van der Waals surface area contributed by atoms with Gasteiger partial charge in [-0.3, -0.25) is 4.79 Å². The van der Waals surface area contributed by atoms with Crippen molar-refractivity contribution in [3.05, 3.63) is 53.2 Å². The maximum atomic E-state index is 11.8. The molecule has 0 bridgehead atoms. The summed E-state index contributed by atoms with van der Waals surface area (Å²) in [4.78, 5) is 26.1. The van der Waals surface area contributed by atoms with Gasteiger partial charge < -0.3 is 14.8 Å². The largest absolute Gasteiger partial charge is 0.477 e. The molecule has 6 heteroatoms. The van der Waals surface area contributed by atoms with Crippen molar-refractivity contribution < 1.29 is 19.1 Å². The Labute approximate surface area is 109 Å². The number of pyridine rings is 1. The predicted octanol–water partition coefficient (Wildman–Crippen LogP) is 1.61. The lowest BCUT2D eigenvalue weighted by atomic mass is 10.2. The Morgan fingerprint density at radius 2 is 2.16 bits per heavy atom. The first-order chi connectivity index (χ1) is 9.08. The van der Waals surface area contributed by atoms with Crippen molar-refractivity contribution in [3.8, 4) is 0 Å². The number of amides is 1. The van der Waals surface area contributed by atoms with E-state index in [4.69, 9.17) is 9.52 Å². The lowest BCUT2D eigenvalue weighted by Gasteiger charge is -2.04. The van der Waals surface area contributed by atoms with E-state index in [1.165, 1.54) is 18.5 Å². The Morgan fingerprint density at radius 1 is 1.37 bits per heavy atom. The molecule has 6 nitrogen and oxygen atoms in total. The maximum Gasteiger partial charge on any atom is 0.354 e. The summed E-state index contributed by atoms with van der Waals surface area (Å²) in [6.07, 6.45) is 2.87. The number of aromatic nitrogens is 1. The van der Waals surface area contributed by atoms with Gasteiger partial charge in [0.15, 0.2) is 5.76 Å². The van der Waals surface area contributed by atoms with E-state index in [1.807, 2.05) is 0 Å². The molecule has 0 saturated carbocycles. The van der Waals surface area contributed by atoms with Crippen molar-refractivity contribution in [1.29, 1.82) is 0 Å². The van der Waals surface area contributed by atoms with Crippen LogP contribution in [0.25, 0.3) is 0 Å². The summed E-state index contributed by atoms with van der Waals surface area (Å²) < 4.78 is 5.06. The number of carboxylic acid groups (broad SMARTS) is 1. The van der Waals surface area contributed by atoms with Crippen LogP contribution in [-0.4, -0.2) is 22.0 Å². The lowest BCUT2D eigenvalue weighted by molar-refractivity contribution is 0.0690. The van der Waals surface area contributed by atoms with Gasteiger partial charge in [-0.2, -0.15) is 0 Å². The molecule has 19 heavy (non-hydrogen) atoms. The molecule has 98 valence electrons. The zero-order valence-corrected chi connectivity index (χ0v) is 10.2. The number of rotatable bonds is 4. The molecule has 0 atom stereocenters. The number of nitrogens with zero attached hydrogens (tertiary/aromatic N) is 1. The molecule has 2 rings (SSSR count). The number of hydrogen-bond acceptors (Lipinski definition) is 4. The van der Waals surface area contributed by atoms with Crippen LogP contribution in [0.3, 0.4) is 0 Å². The fourth-order valence-electron chi connectivity index (χ4n) is 1.52. The van der Waals surface area contributed by atoms with E-state index in [0.717, 1.165) is 5.56 Å². The quantitative estimate of drug-likeness (QED) is 0.871. The van der Waals surface area contributed by atoms with Crippen molar-refractivity contribution in [2.24, 2.45) is 0 Å². The van der Waals surface area contributed by atoms with Crippen LogP contribution in [0.4, 0.5) is 0 Å². The van der Waals surface area contributed by atoms with Crippen LogP contribution in [0.15, 0.2) is 35.1 Å². The number of aromatic carboxylic acids is 1. The summed E-state index contributed by atoms with van der Waals surface area (Å²) in [6.45, 7) is 2.04. The standard InChI is InChI=1S/C13H12N2O4/c1-8-4-5-19-11(8)12(16)15-7-9-2-3-10(13(17)18)14-6-9/h2-6H,7H2,1H3,(H,15,16)(H,17,18). The van der Waals surface area contributed by atoms with E-state index in [2.05, 4.69) is 10.3 Å². The minimum atomic E-state index is -1.08. The molecule has 0 aliphatic rings. The SMILES string of the molecule is Cc1ccoc1C(=O)NCc1ccc(C(=O)O)nc1. The van der Waals surface area contributed by atoms with Gasteiger partial charge in [0, 0.05) is 18.3 Å². The minimum absolute atomic E-state index is 0.0306. The fourth-order valence-corrected chi connectivity index (χ4v) is 1.52. The summed E-state index contributed by atoms with van der Waals surface area (Å²) >= 11 is 0. The van der Waals surface area contributed by atoms with Gasteiger partial charge in [-0.05, 0) is 24.6 Å². The summed E-state index contributed by atoms with van der Waals surface area (Å²) in [6, 6.07) is 4.70. The smallest absolute Gasteiger partial charge is 0.354 e. The van der Waals surface area contributed by atoms with Crippen molar-refractivity contribution in [3.63, 3.8) is 0 Å². The van der Waals surface area contributed by atoms with Gasteiger partial charge in [0.2, 0.25) is 0 Å². The Bertz CT molecular complexity index is 601. The molecule has 1 amide bonds. The van der Waals surface area contributed by atoms with Gasteiger partial charge in [0.25, 0.3) is 5.91 Å². The first-order valence-electron chi connectivity index (χ1n) is 5.58. The summed E-state index contributed by atoms with van der Waals surface area (Å²) in [5.74, 6) is -1.12. The topological polar surface area (TPSA) is 92.4 Å². The first-order valence-corrected chi connectivity index (χ1v) is 5.58. The molecule has 0 aliphatic heterocycles. The van der Waals surface area contributed by atoms with Crippen LogP contribution in [0.5, 0.6) is 0 Å². The van der Waals surface area contributed by atoms with E-state index in [9.17, 15) is 9.59 Å². The average molecular weight is 260 g/mol.